The van der Waals surface area contributed by atoms with Crippen molar-refractivity contribution in [1.82, 2.24) is 10.2 Å². The monoisotopic (exact) mass is 296 g/mol. The maximum atomic E-state index is 5.93. The zero-order chi connectivity index (χ0) is 14.8. The molecule has 1 aromatic rings. The Morgan fingerprint density at radius 3 is 2.80 bits per heavy atom. The van der Waals surface area contributed by atoms with Crippen LogP contribution < -0.4 is 10.1 Å². The fraction of sp³-hybridized carbons (Fsp3) is 0.625. The Morgan fingerprint density at radius 2 is 2.10 bits per heavy atom. The van der Waals surface area contributed by atoms with Crippen molar-refractivity contribution in [2.75, 3.05) is 39.3 Å². The highest BCUT2D eigenvalue weighted by atomic mass is 32.2. The van der Waals surface area contributed by atoms with Crippen LogP contribution in [0, 0.1) is 0 Å². The van der Waals surface area contributed by atoms with E-state index in [0.717, 1.165) is 25.4 Å². The first-order valence-electron chi connectivity index (χ1n) is 7.23. The molecule has 114 valence electrons. The lowest BCUT2D eigenvalue weighted by Gasteiger charge is -2.24. The van der Waals surface area contributed by atoms with Gasteiger partial charge in [0.1, 0.15) is 12.4 Å². The molecule has 0 aliphatic carbocycles. The lowest BCUT2D eigenvalue weighted by molar-refractivity contribution is 0.196. The molecule has 0 aliphatic heterocycles. The van der Waals surface area contributed by atoms with E-state index in [1.54, 1.807) is 0 Å². The van der Waals surface area contributed by atoms with Crippen molar-refractivity contribution in [3.8, 4) is 5.75 Å². The van der Waals surface area contributed by atoms with Crippen LogP contribution in [0.15, 0.2) is 24.3 Å². The third kappa shape index (κ3) is 6.16. The quantitative estimate of drug-likeness (QED) is 0.717. The Bertz CT molecular complexity index is 373. The van der Waals surface area contributed by atoms with Crippen LogP contribution in [-0.2, 0) is 6.54 Å². The SMILES string of the molecule is CNCc1ccccc1OCCN(C)C(C)CCSC. The molecule has 1 atom stereocenters. The highest BCUT2D eigenvalue weighted by Gasteiger charge is 2.09. The summed E-state index contributed by atoms with van der Waals surface area (Å²) in [6.45, 7) is 4.82. The molecule has 0 fully saturated rings. The zero-order valence-corrected chi connectivity index (χ0v) is 14.0. The van der Waals surface area contributed by atoms with Crippen LogP contribution in [0.1, 0.15) is 18.9 Å². The number of hydrogen-bond donors (Lipinski definition) is 1. The molecule has 3 nitrogen and oxygen atoms in total. The van der Waals surface area contributed by atoms with Crippen LogP contribution in [0.2, 0.25) is 0 Å². The molecule has 20 heavy (non-hydrogen) atoms. The molecular formula is C16H28N2OS. The molecule has 0 heterocycles. The first-order valence-corrected chi connectivity index (χ1v) is 8.63. The largest absolute Gasteiger partial charge is 0.492 e. The van der Waals surface area contributed by atoms with Gasteiger partial charge in [-0.1, -0.05) is 18.2 Å². The van der Waals surface area contributed by atoms with E-state index in [1.165, 1.54) is 17.7 Å². The minimum absolute atomic E-state index is 0.610. The minimum Gasteiger partial charge on any atom is -0.492 e. The average Bonchev–Trinajstić information content (AvgIpc) is 2.46. The van der Waals surface area contributed by atoms with Crippen LogP contribution in [-0.4, -0.2) is 50.2 Å². The van der Waals surface area contributed by atoms with Gasteiger partial charge in [0.25, 0.3) is 0 Å². The zero-order valence-electron chi connectivity index (χ0n) is 13.2. The van der Waals surface area contributed by atoms with Crippen LogP contribution in [0.25, 0.3) is 0 Å². The molecule has 4 heteroatoms. The summed E-state index contributed by atoms with van der Waals surface area (Å²) in [4.78, 5) is 2.37. The van der Waals surface area contributed by atoms with Crippen molar-refractivity contribution in [3.05, 3.63) is 29.8 Å². The maximum absolute atomic E-state index is 5.93. The smallest absolute Gasteiger partial charge is 0.123 e. The molecule has 0 saturated heterocycles. The summed E-state index contributed by atoms with van der Waals surface area (Å²) in [6, 6.07) is 8.84. The van der Waals surface area contributed by atoms with Crippen molar-refractivity contribution in [2.45, 2.75) is 25.9 Å². The van der Waals surface area contributed by atoms with Crippen molar-refractivity contribution >= 4 is 11.8 Å². The number of nitrogens with zero attached hydrogens (tertiary/aromatic N) is 1. The van der Waals surface area contributed by atoms with E-state index >= 15 is 0 Å². The predicted octanol–water partition coefficient (Wildman–Crippen LogP) is 2.86. The van der Waals surface area contributed by atoms with E-state index in [2.05, 4.69) is 42.6 Å². The summed E-state index contributed by atoms with van der Waals surface area (Å²) >= 11 is 1.91. The third-order valence-corrected chi connectivity index (χ3v) is 4.18. The summed E-state index contributed by atoms with van der Waals surface area (Å²) in [5, 5.41) is 3.17. The van der Waals surface area contributed by atoms with Gasteiger partial charge in [-0.05, 0) is 45.5 Å². The Morgan fingerprint density at radius 1 is 1.35 bits per heavy atom. The van der Waals surface area contributed by atoms with Crippen molar-refractivity contribution in [2.24, 2.45) is 0 Å². The van der Waals surface area contributed by atoms with Crippen LogP contribution in [0.3, 0.4) is 0 Å². The van der Waals surface area contributed by atoms with E-state index in [4.69, 9.17) is 4.74 Å². The van der Waals surface area contributed by atoms with Gasteiger partial charge in [0, 0.05) is 24.7 Å². The Kier molecular flexibility index (Phi) is 8.74. The lowest BCUT2D eigenvalue weighted by atomic mass is 10.2. The van der Waals surface area contributed by atoms with Gasteiger partial charge < -0.3 is 15.0 Å². The topological polar surface area (TPSA) is 24.5 Å². The molecule has 0 radical (unpaired) electrons. The maximum Gasteiger partial charge on any atom is 0.123 e. The fourth-order valence-corrected chi connectivity index (χ4v) is 2.59. The lowest BCUT2D eigenvalue weighted by Crippen LogP contribution is -2.33. The molecular weight excluding hydrogens is 268 g/mol. The van der Waals surface area contributed by atoms with Gasteiger partial charge in [-0.15, -0.1) is 0 Å². The van der Waals surface area contributed by atoms with Gasteiger partial charge in [-0.3, -0.25) is 0 Å². The van der Waals surface area contributed by atoms with Crippen LogP contribution in [0.5, 0.6) is 5.75 Å². The summed E-state index contributed by atoms with van der Waals surface area (Å²) < 4.78 is 5.93. The van der Waals surface area contributed by atoms with Gasteiger partial charge in [-0.2, -0.15) is 11.8 Å². The van der Waals surface area contributed by atoms with E-state index in [0.29, 0.717) is 6.04 Å². The summed E-state index contributed by atoms with van der Waals surface area (Å²) in [6.07, 6.45) is 3.39. The van der Waals surface area contributed by atoms with E-state index in [1.807, 2.05) is 30.9 Å². The summed E-state index contributed by atoms with van der Waals surface area (Å²) in [5.74, 6) is 2.21. The molecule has 1 unspecified atom stereocenters. The molecule has 1 N–H and O–H groups in total. The highest BCUT2D eigenvalue weighted by Crippen LogP contribution is 2.17. The van der Waals surface area contributed by atoms with Gasteiger partial charge in [0.2, 0.25) is 0 Å². The predicted molar refractivity (Wildman–Crippen MR) is 89.8 cm³/mol. The summed E-state index contributed by atoms with van der Waals surface area (Å²) in [5.41, 5.74) is 1.22. The van der Waals surface area contributed by atoms with E-state index < -0.39 is 0 Å². The molecule has 1 rings (SSSR count). The number of ether oxygens (including phenoxy) is 1. The second kappa shape index (κ2) is 10.1. The van der Waals surface area contributed by atoms with Crippen LogP contribution >= 0.6 is 11.8 Å². The molecule has 0 saturated carbocycles. The highest BCUT2D eigenvalue weighted by molar-refractivity contribution is 7.98. The average molecular weight is 296 g/mol. The second-order valence-electron chi connectivity index (χ2n) is 5.10. The second-order valence-corrected chi connectivity index (χ2v) is 6.08. The summed E-state index contributed by atoms with van der Waals surface area (Å²) in [7, 11) is 4.13. The standard InChI is InChI=1S/C16H28N2OS/c1-14(9-12-20-4)18(3)10-11-19-16-8-6-5-7-15(16)13-17-2/h5-8,14,17H,9-13H2,1-4H3. The van der Waals surface area contributed by atoms with E-state index in [-0.39, 0.29) is 0 Å². The first-order chi connectivity index (χ1) is 9.69. The van der Waals surface area contributed by atoms with Crippen molar-refractivity contribution < 1.29 is 4.74 Å². The number of nitrogens with one attached hydrogen (secondary N) is 1. The third-order valence-electron chi connectivity index (χ3n) is 3.53. The fourth-order valence-electron chi connectivity index (χ4n) is 2.01. The number of likely N-dealkylation sites (N-methyl/N-ethyl adjacent to an activating group) is 1. The van der Waals surface area contributed by atoms with Crippen molar-refractivity contribution in [3.63, 3.8) is 0 Å². The number of para-hydroxylation sites is 1. The van der Waals surface area contributed by atoms with Gasteiger partial charge in [-0.25, -0.2) is 0 Å². The molecule has 0 bridgehead atoms. The Hall–Kier alpha value is -0.710. The normalized spacial score (nSPS) is 12.7. The molecule has 0 amide bonds. The van der Waals surface area contributed by atoms with Crippen molar-refractivity contribution in [1.29, 1.82) is 0 Å². The van der Waals surface area contributed by atoms with Gasteiger partial charge >= 0.3 is 0 Å². The number of rotatable bonds is 10. The Labute approximate surface area is 128 Å². The van der Waals surface area contributed by atoms with Gasteiger partial charge in [0.15, 0.2) is 0 Å². The Balaban J connectivity index is 2.36. The molecule has 0 aromatic heterocycles. The molecule has 0 spiro atoms. The molecule has 0 aliphatic rings. The molecule has 1 aromatic carbocycles. The van der Waals surface area contributed by atoms with Gasteiger partial charge in [0.05, 0.1) is 0 Å². The van der Waals surface area contributed by atoms with E-state index in [9.17, 15) is 0 Å². The van der Waals surface area contributed by atoms with Crippen LogP contribution in [0.4, 0.5) is 0 Å². The number of hydrogen-bond acceptors (Lipinski definition) is 4. The minimum atomic E-state index is 0.610. The number of benzene rings is 1. The first kappa shape index (κ1) is 17.3. The number of thioether (sulfide) groups is 1.